The lowest BCUT2D eigenvalue weighted by Crippen LogP contribution is -2.55. The van der Waals surface area contributed by atoms with E-state index in [2.05, 4.69) is 52.5 Å². The van der Waals surface area contributed by atoms with Crippen LogP contribution in [0.4, 0.5) is 10.5 Å². The van der Waals surface area contributed by atoms with E-state index in [4.69, 9.17) is 9.90 Å². The number of nitroso groups, excluding NO2 is 1. The lowest BCUT2D eigenvalue weighted by molar-refractivity contribution is -0.379. The average Bonchev–Trinajstić information content (AvgIpc) is 3.51. The van der Waals surface area contributed by atoms with Gasteiger partial charge in [-0.2, -0.15) is 0 Å². The van der Waals surface area contributed by atoms with Crippen LogP contribution in [0.1, 0.15) is 75.3 Å². The molecular formula is C34H52N5O4+. The second kappa shape index (κ2) is 19.1. The topological polar surface area (TPSA) is 107 Å². The Labute approximate surface area is 257 Å². The van der Waals surface area contributed by atoms with Gasteiger partial charge in [-0.15, -0.1) is 0 Å². The zero-order valence-corrected chi connectivity index (χ0v) is 26.1. The summed E-state index contributed by atoms with van der Waals surface area (Å²) < 4.78 is 0. The van der Waals surface area contributed by atoms with Gasteiger partial charge in [-0.05, 0) is 88.7 Å². The maximum absolute atomic E-state index is 12.4. The molecular weight excluding hydrogens is 542 g/mol. The van der Waals surface area contributed by atoms with Gasteiger partial charge in [0.1, 0.15) is 0 Å². The van der Waals surface area contributed by atoms with Gasteiger partial charge < -0.3 is 25.1 Å². The summed E-state index contributed by atoms with van der Waals surface area (Å²) in [6, 6.07) is 18.5. The number of carbonyl (C=O) groups excluding carboxylic acids is 1. The van der Waals surface area contributed by atoms with Crippen molar-refractivity contribution >= 4 is 18.2 Å². The molecule has 2 aromatic rings. The molecule has 5 rings (SSSR count). The molecule has 1 aliphatic carbocycles. The molecule has 2 heterocycles. The molecule has 43 heavy (non-hydrogen) atoms. The van der Waals surface area contributed by atoms with Crippen molar-refractivity contribution in [2.24, 2.45) is 5.92 Å². The quantitative estimate of drug-likeness (QED) is 0.387. The number of benzene rings is 2. The number of likely N-dealkylation sites (tertiary alicyclic amines) is 2. The van der Waals surface area contributed by atoms with E-state index >= 15 is 0 Å². The van der Waals surface area contributed by atoms with Crippen molar-refractivity contribution in [1.82, 2.24) is 20.0 Å². The van der Waals surface area contributed by atoms with Crippen molar-refractivity contribution in [3.63, 3.8) is 0 Å². The fourth-order valence-electron chi connectivity index (χ4n) is 6.57. The Morgan fingerprint density at radius 2 is 1.63 bits per heavy atom. The Hall–Kier alpha value is -3.30. The minimum atomic E-state index is -0.250. The van der Waals surface area contributed by atoms with Crippen LogP contribution in [0, 0.1) is 10.8 Å². The van der Waals surface area contributed by atoms with Crippen LogP contribution in [0.25, 0.3) is 0 Å². The normalized spacial score (nSPS) is 19.7. The second-order valence-corrected chi connectivity index (χ2v) is 12.0. The molecule has 0 bridgehead atoms. The Morgan fingerprint density at radius 1 is 0.977 bits per heavy atom. The zero-order valence-electron chi connectivity index (χ0n) is 26.1. The lowest BCUT2D eigenvalue weighted by atomic mass is 9.89. The van der Waals surface area contributed by atoms with Gasteiger partial charge in [0.05, 0.1) is 0 Å². The first-order valence-electron chi connectivity index (χ1n) is 16.0. The van der Waals surface area contributed by atoms with Crippen LogP contribution in [0.2, 0.25) is 0 Å². The Balaban J connectivity index is 0.000000219. The molecule has 9 nitrogen and oxygen atoms in total. The highest BCUT2D eigenvalue weighted by Gasteiger charge is 2.27. The molecule has 9 heteroatoms. The number of hydrogen-bond acceptors (Lipinski definition) is 5. The summed E-state index contributed by atoms with van der Waals surface area (Å²) in [5.41, 5.74) is 3.05. The number of piperidine rings is 1. The molecule has 3 aliphatic rings. The van der Waals surface area contributed by atoms with Crippen molar-refractivity contribution < 1.29 is 19.9 Å². The number of hydrogen-bond donors (Lipinski definition) is 3. The fraction of sp³-hybridized carbons (Fsp3) is 0.588. The zero-order chi connectivity index (χ0) is 30.9. The van der Waals surface area contributed by atoms with Crippen LogP contribution in [0.15, 0.2) is 54.6 Å². The summed E-state index contributed by atoms with van der Waals surface area (Å²) in [6.07, 6.45) is 10.8. The molecule has 2 amide bonds. The molecule has 0 spiro atoms. The number of rotatable bonds is 8. The van der Waals surface area contributed by atoms with Gasteiger partial charge in [-0.1, -0.05) is 61.7 Å². The van der Waals surface area contributed by atoms with Crippen LogP contribution in [-0.4, -0.2) is 84.7 Å². The molecule has 0 aromatic heterocycles. The highest BCUT2D eigenvalue weighted by molar-refractivity contribution is 5.74. The number of amides is 2. The van der Waals surface area contributed by atoms with Crippen molar-refractivity contribution in [2.75, 3.05) is 46.3 Å². The summed E-state index contributed by atoms with van der Waals surface area (Å²) in [6.45, 7) is 9.02. The number of nitrogens with zero attached hydrogens (tertiary/aromatic N) is 3. The molecule has 2 aliphatic heterocycles. The average molecular weight is 595 g/mol. The summed E-state index contributed by atoms with van der Waals surface area (Å²) >= 11 is 0. The van der Waals surface area contributed by atoms with Crippen molar-refractivity contribution in [2.45, 2.75) is 76.8 Å². The van der Waals surface area contributed by atoms with Gasteiger partial charge >= 0.3 is 6.03 Å². The SMILES string of the molecule is CCN(C(=O)NCc1ccc([NH+]=O)cc1)C1CCN(C)CC1.O=CO.c1ccc([C@@H]2CCN(CC3CCCCC3)C2)cc1. The first-order valence-corrected chi connectivity index (χ1v) is 16.0. The van der Waals surface area contributed by atoms with Crippen molar-refractivity contribution in [3.05, 3.63) is 70.6 Å². The predicted molar refractivity (Wildman–Crippen MR) is 171 cm³/mol. The lowest BCUT2D eigenvalue weighted by Gasteiger charge is -2.36. The highest BCUT2D eigenvalue weighted by atomic mass is 16.3. The Bertz CT molecular complexity index is 1070. The van der Waals surface area contributed by atoms with E-state index < -0.39 is 0 Å². The summed E-state index contributed by atoms with van der Waals surface area (Å²) in [4.78, 5) is 38.2. The van der Waals surface area contributed by atoms with E-state index in [0.717, 1.165) is 49.9 Å². The third-order valence-electron chi connectivity index (χ3n) is 9.03. The molecule has 3 fully saturated rings. The van der Waals surface area contributed by atoms with Crippen LogP contribution in [0.3, 0.4) is 0 Å². The standard InChI is InChI=1S/C17H25N.C16H24N4O2.CH2O2/c1-3-7-15(8-4-1)13-18-12-11-17(14-18)16-9-5-2-6-10-16;1-3-20(15-8-10-19(2)11-9-15)16(21)17-12-13-4-6-14(18-22)7-5-13;2-1-3/h2,5-6,9-10,15,17H,1,3-4,7-8,11-14H2;4-7,15H,3,8-12H2,1-2H3,(H,17,21);1H,(H,2,3)/p+1/t17-;;/m1../s1. The van der Waals surface area contributed by atoms with Gasteiger partial charge in [-0.3, -0.25) is 4.79 Å². The number of carbonyl (C=O) groups is 2. The maximum Gasteiger partial charge on any atom is 0.317 e. The van der Waals surface area contributed by atoms with Gasteiger partial charge in [0.15, 0.2) is 0 Å². The number of urea groups is 1. The monoisotopic (exact) mass is 594 g/mol. The number of carboxylic acid groups (broad SMARTS) is 1. The third-order valence-corrected chi connectivity index (χ3v) is 9.03. The molecule has 0 radical (unpaired) electrons. The summed E-state index contributed by atoms with van der Waals surface area (Å²) in [5, 5.41) is 11.7. The minimum absolute atomic E-state index is 0.0110. The van der Waals surface area contributed by atoms with Crippen LogP contribution >= 0.6 is 0 Å². The molecule has 2 aromatic carbocycles. The second-order valence-electron chi connectivity index (χ2n) is 12.0. The first kappa shape index (κ1) is 34.2. The van der Waals surface area contributed by atoms with E-state index in [1.54, 1.807) is 17.7 Å². The summed E-state index contributed by atoms with van der Waals surface area (Å²) in [7, 11) is 2.12. The molecule has 3 N–H and O–H groups in total. The van der Waals surface area contributed by atoms with E-state index in [1.165, 1.54) is 58.2 Å². The van der Waals surface area contributed by atoms with E-state index in [0.29, 0.717) is 18.3 Å². The predicted octanol–water partition coefficient (Wildman–Crippen LogP) is 4.55. The van der Waals surface area contributed by atoms with E-state index in [1.807, 2.05) is 29.1 Å². The largest absolute Gasteiger partial charge is 0.483 e. The van der Waals surface area contributed by atoms with Gasteiger partial charge in [0.25, 0.3) is 12.2 Å². The smallest absolute Gasteiger partial charge is 0.317 e. The third kappa shape index (κ3) is 11.7. The Morgan fingerprint density at radius 3 is 2.23 bits per heavy atom. The van der Waals surface area contributed by atoms with E-state index in [9.17, 15) is 9.70 Å². The molecule has 1 atom stereocenters. The van der Waals surface area contributed by atoms with E-state index in [-0.39, 0.29) is 12.5 Å². The highest BCUT2D eigenvalue weighted by Crippen LogP contribution is 2.30. The molecule has 0 unspecified atom stereocenters. The van der Waals surface area contributed by atoms with Crippen molar-refractivity contribution in [1.29, 1.82) is 0 Å². The minimum Gasteiger partial charge on any atom is -0.483 e. The molecule has 1 saturated carbocycles. The van der Waals surface area contributed by atoms with Gasteiger partial charge in [0, 0.05) is 54.4 Å². The molecule has 2 saturated heterocycles. The summed E-state index contributed by atoms with van der Waals surface area (Å²) in [5.74, 6) is 1.78. The fourth-order valence-corrected chi connectivity index (χ4v) is 6.57. The van der Waals surface area contributed by atoms with Crippen LogP contribution < -0.4 is 10.5 Å². The number of nitrogens with one attached hydrogen (secondary N) is 2. The van der Waals surface area contributed by atoms with Crippen LogP contribution in [0.5, 0.6) is 0 Å². The Kier molecular flexibility index (Phi) is 15.2. The first-order chi connectivity index (χ1) is 21.0. The maximum atomic E-state index is 12.4. The van der Waals surface area contributed by atoms with Gasteiger partial charge in [-0.25, -0.2) is 4.79 Å². The molecule has 236 valence electrons. The van der Waals surface area contributed by atoms with Crippen molar-refractivity contribution in [3.8, 4) is 0 Å². The van der Waals surface area contributed by atoms with Gasteiger partial charge in [0.2, 0.25) is 0 Å². The van der Waals surface area contributed by atoms with Crippen LogP contribution in [-0.2, 0) is 11.3 Å².